The standard InChI is InChI=1S/C21H28N6O2/c28-21(26-11-8-19(9-12-26)18-5-2-1-3-6-18)7-4-10-27-20(22-23-24-27)17-25-13-15-29-16-14-25/h1-3,5-6,8H,4,7,9-17H2. The summed E-state index contributed by atoms with van der Waals surface area (Å²) in [4.78, 5) is 16.8. The zero-order valence-electron chi connectivity index (χ0n) is 16.7. The molecule has 0 saturated carbocycles. The van der Waals surface area contributed by atoms with Crippen LogP contribution in [0.2, 0.25) is 0 Å². The predicted molar refractivity (Wildman–Crippen MR) is 109 cm³/mol. The second-order valence-electron chi connectivity index (χ2n) is 7.50. The number of carbonyl (C=O) groups excluding carboxylic acids is 1. The second kappa shape index (κ2) is 9.76. The van der Waals surface area contributed by atoms with Crippen LogP contribution in [0.1, 0.15) is 30.7 Å². The van der Waals surface area contributed by atoms with Gasteiger partial charge in [-0.1, -0.05) is 36.4 Å². The molecule has 1 saturated heterocycles. The van der Waals surface area contributed by atoms with Crippen molar-refractivity contribution in [2.75, 3.05) is 39.4 Å². The van der Waals surface area contributed by atoms with Crippen molar-refractivity contribution in [3.63, 3.8) is 0 Å². The number of rotatable bonds is 7. The Bertz CT molecular complexity index is 829. The van der Waals surface area contributed by atoms with Gasteiger partial charge >= 0.3 is 0 Å². The first-order chi connectivity index (χ1) is 14.3. The van der Waals surface area contributed by atoms with Crippen LogP contribution in [-0.4, -0.2) is 75.3 Å². The molecule has 2 aliphatic rings. The Morgan fingerprint density at radius 2 is 1.93 bits per heavy atom. The van der Waals surface area contributed by atoms with Crippen LogP contribution >= 0.6 is 0 Å². The molecule has 1 aromatic heterocycles. The first-order valence-electron chi connectivity index (χ1n) is 10.4. The van der Waals surface area contributed by atoms with Crippen LogP contribution in [0.3, 0.4) is 0 Å². The number of hydrogen-bond donors (Lipinski definition) is 0. The topological polar surface area (TPSA) is 76.4 Å². The second-order valence-corrected chi connectivity index (χ2v) is 7.50. The largest absolute Gasteiger partial charge is 0.379 e. The Balaban J connectivity index is 1.23. The monoisotopic (exact) mass is 396 g/mol. The summed E-state index contributed by atoms with van der Waals surface area (Å²) >= 11 is 0. The van der Waals surface area contributed by atoms with Crippen LogP contribution in [-0.2, 0) is 22.6 Å². The average Bonchev–Trinajstić information content (AvgIpc) is 3.22. The summed E-state index contributed by atoms with van der Waals surface area (Å²) in [5.41, 5.74) is 2.59. The fraction of sp³-hybridized carbons (Fsp3) is 0.524. The van der Waals surface area contributed by atoms with E-state index in [0.717, 1.165) is 58.1 Å². The molecule has 0 bridgehead atoms. The van der Waals surface area contributed by atoms with Gasteiger partial charge < -0.3 is 9.64 Å². The minimum Gasteiger partial charge on any atom is -0.379 e. The Hall–Kier alpha value is -2.58. The zero-order valence-corrected chi connectivity index (χ0v) is 16.7. The van der Waals surface area contributed by atoms with Crippen LogP contribution in [0, 0.1) is 0 Å². The Morgan fingerprint density at radius 1 is 1.10 bits per heavy atom. The molecule has 1 aromatic carbocycles. The van der Waals surface area contributed by atoms with E-state index in [0.29, 0.717) is 19.5 Å². The molecule has 0 aliphatic carbocycles. The van der Waals surface area contributed by atoms with E-state index in [1.165, 1.54) is 11.1 Å². The fourth-order valence-electron chi connectivity index (χ4n) is 3.82. The van der Waals surface area contributed by atoms with Gasteiger partial charge in [-0.25, -0.2) is 4.68 Å². The van der Waals surface area contributed by atoms with Gasteiger partial charge in [0.1, 0.15) is 0 Å². The highest BCUT2D eigenvalue weighted by Crippen LogP contribution is 2.22. The molecule has 2 aliphatic heterocycles. The molecule has 154 valence electrons. The van der Waals surface area contributed by atoms with Crippen LogP contribution < -0.4 is 0 Å². The maximum absolute atomic E-state index is 12.6. The highest BCUT2D eigenvalue weighted by atomic mass is 16.5. The minimum atomic E-state index is 0.205. The molecule has 8 nitrogen and oxygen atoms in total. The number of aromatic nitrogens is 4. The molecular weight excluding hydrogens is 368 g/mol. The van der Waals surface area contributed by atoms with Crippen molar-refractivity contribution >= 4 is 11.5 Å². The van der Waals surface area contributed by atoms with Crippen LogP contribution in [0.4, 0.5) is 0 Å². The van der Waals surface area contributed by atoms with E-state index < -0.39 is 0 Å². The summed E-state index contributed by atoms with van der Waals surface area (Å²) in [6.07, 6.45) is 4.35. The van der Waals surface area contributed by atoms with Crippen LogP contribution in [0.5, 0.6) is 0 Å². The zero-order chi connectivity index (χ0) is 19.9. The van der Waals surface area contributed by atoms with Gasteiger partial charge in [0.15, 0.2) is 5.82 Å². The Morgan fingerprint density at radius 3 is 2.69 bits per heavy atom. The van der Waals surface area contributed by atoms with Crippen molar-refractivity contribution in [3.05, 3.63) is 47.8 Å². The minimum absolute atomic E-state index is 0.205. The van der Waals surface area contributed by atoms with E-state index in [1.54, 1.807) is 0 Å². The maximum atomic E-state index is 12.6. The van der Waals surface area contributed by atoms with E-state index in [4.69, 9.17) is 4.74 Å². The van der Waals surface area contributed by atoms with Gasteiger partial charge in [-0.2, -0.15) is 0 Å². The highest BCUT2D eigenvalue weighted by Gasteiger charge is 2.19. The molecule has 1 fully saturated rings. The number of aryl methyl sites for hydroxylation is 1. The van der Waals surface area contributed by atoms with Gasteiger partial charge in [0.05, 0.1) is 19.8 Å². The van der Waals surface area contributed by atoms with Crippen LogP contribution in [0.25, 0.3) is 5.57 Å². The lowest BCUT2D eigenvalue weighted by atomic mass is 9.99. The lowest BCUT2D eigenvalue weighted by Gasteiger charge is -2.27. The number of ether oxygens (including phenoxy) is 1. The SMILES string of the molecule is O=C(CCCn1nnnc1CN1CCOCC1)N1CC=C(c2ccccc2)CC1. The van der Waals surface area contributed by atoms with E-state index in [-0.39, 0.29) is 5.91 Å². The van der Waals surface area contributed by atoms with Crippen molar-refractivity contribution in [1.29, 1.82) is 0 Å². The highest BCUT2D eigenvalue weighted by molar-refractivity contribution is 5.78. The Kier molecular flexibility index (Phi) is 6.63. The number of benzene rings is 1. The summed E-state index contributed by atoms with van der Waals surface area (Å²) in [7, 11) is 0. The molecule has 2 aromatic rings. The molecule has 0 spiro atoms. The number of tetrazole rings is 1. The van der Waals surface area contributed by atoms with Crippen molar-refractivity contribution in [1.82, 2.24) is 30.0 Å². The maximum Gasteiger partial charge on any atom is 0.222 e. The number of morpholine rings is 1. The fourth-order valence-corrected chi connectivity index (χ4v) is 3.82. The lowest BCUT2D eigenvalue weighted by Crippen LogP contribution is -2.36. The summed E-state index contributed by atoms with van der Waals surface area (Å²) in [6.45, 7) is 6.18. The third-order valence-electron chi connectivity index (χ3n) is 5.54. The summed E-state index contributed by atoms with van der Waals surface area (Å²) in [5.74, 6) is 1.06. The van der Waals surface area contributed by atoms with E-state index in [9.17, 15) is 4.79 Å². The Labute approximate surface area is 171 Å². The van der Waals surface area contributed by atoms with Gasteiger partial charge in [-0.15, -0.1) is 5.10 Å². The molecular formula is C21H28N6O2. The number of carbonyl (C=O) groups is 1. The summed E-state index contributed by atoms with van der Waals surface area (Å²) in [6, 6.07) is 10.4. The molecule has 0 N–H and O–H groups in total. The third-order valence-corrected chi connectivity index (χ3v) is 5.54. The molecule has 8 heteroatoms. The lowest BCUT2D eigenvalue weighted by molar-refractivity contribution is -0.130. The molecule has 29 heavy (non-hydrogen) atoms. The van der Waals surface area contributed by atoms with Crippen molar-refractivity contribution < 1.29 is 9.53 Å². The van der Waals surface area contributed by atoms with Crippen molar-refractivity contribution in [2.45, 2.75) is 32.4 Å². The predicted octanol–water partition coefficient (Wildman–Crippen LogP) is 1.60. The van der Waals surface area contributed by atoms with E-state index in [1.807, 2.05) is 15.6 Å². The number of hydrogen-bond acceptors (Lipinski definition) is 6. The van der Waals surface area contributed by atoms with Gasteiger partial charge in [0, 0.05) is 39.1 Å². The molecule has 0 radical (unpaired) electrons. The molecule has 4 rings (SSSR count). The average molecular weight is 396 g/mol. The van der Waals surface area contributed by atoms with Crippen molar-refractivity contribution in [3.8, 4) is 0 Å². The quantitative estimate of drug-likeness (QED) is 0.708. The third kappa shape index (κ3) is 5.27. The molecule has 1 amide bonds. The van der Waals surface area contributed by atoms with Gasteiger partial charge in [-0.05, 0) is 34.4 Å². The van der Waals surface area contributed by atoms with E-state index >= 15 is 0 Å². The van der Waals surface area contributed by atoms with Gasteiger partial charge in [-0.3, -0.25) is 9.69 Å². The summed E-state index contributed by atoms with van der Waals surface area (Å²) < 4.78 is 7.21. The molecule has 0 unspecified atom stereocenters. The summed E-state index contributed by atoms with van der Waals surface area (Å²) in [5, 5.41) is 12.1. The van der Waals surface area contributed by atoms with E-state index in [2.05, 4.69) is 50.8 Å². The smallest absolute Gasteiger partial charge is 0.222 e. The number of nitrogens with zero attached hydrogens (tertiary/aromatic N) is 6. The normalized spacial score (nSPS) is 17.9. The van der Waals surface area contributed by atoms with Gasteiger partial charge in [0.25, 0.3) is 0 Å². The molecule has 0 atom stereocenters. The van der Waals surface area contributed by atoms with Crippen LogP contribution in [0.15, 0.2) is 36.4 Å². The number of amides is 1. The first-order valence-corrected chi connectivity index (χ1v) is 10.4. The molecule has 3 heterocycles. The first kappa shape index (κ1) is 19.7. The van der Waals surface area contributed by atoms with Gasteiger partial charge in [0.2, 0.25) is 5.91 Å². The van der Waals surface area contributed by atoms with Crippen molar-refractivity contribution in [2.24, 2.45) is 0 Å².